The van der Waals surface area contributed by atoms with Gasteiger partial charge in [-0.25, -0.2) is 4.79 Å². The van der Waals surface area contributed by atoms with Crippen LogP contribution < -0.4 is 0 Å². The molecule has 0 bridgehead atoms. The molecule has 0 radical (unpaired) electrons. The number of carbonyl (C=O) groups is 1. The first-order chi connectivity index (χ1) is 12.3. The number of nitrogens with zero attached hydrogens (tertiary/aromatic N) is 1. The first-order valence-electron chi connectivity index (χ1n) is 8.89. The lowest BCUT2D eigenvalue weighted by molar-refractivity contribution is 0.0761. The molecule has 25 heavy (non-hydrogen) atoms. The van der Waals surface area contributed by atoms with Gasteiger partial charge < -0.3 is 14.7 Å². The molecule has 0 aromatic heterocycles. The Labute approximate surface area is 149 Å². The Bertz CT molecular complexity index is 651. The summed E-state index contributed by atoms with van der Waals surface area (Å²) >= 11 is 0. The summed E-state index contributed by atoms with van der Waals surface area (Å²) < 4.78 is 5.41. The molecular formula is C21H25NO3. The Hall–Kier alpha value is -2.33. The number of aliphatic hydroxyl groups excluding tert-OH is 1. The first kappa shape index (κ1) is 17.5. The lowest BCUT2D eigenvalue weighted by atomic mass is 9.80. The Kier molecular flexibility index (Phi) is 6.07. The lowest BCUT2D eigenvalue weighted by Crippen LogP contribution is -2.40. The minimum atomic E-state index is -0.248. The van der Waals surface area contributed by atoms with Gasteiger partial charge in [-0.2, -0.15) is 0 Å². The van der Waals surface area contributed by atoms with Crippen molar-refractivity contribution in [3.8, 4) is 0 Å². The van der Waals surface area contributed by atoms with Gasteiger partial charge >= 0.3 is 6.09 Å². The van der Waals surface area contributed by atoms with Gasteiger partial charge in [-0.3, -0.25) is 0 Å². The largest absolute Gasteiger partial charge is 0.445 e. The fraction of sp³-hybridized carbons (Fsp3) is 0.381. The summed E-state index contributed by atoms with van der Waals surface area (Å²) in [6.45, 7) is 1.82. The van der Waals surface area contributed by atoms with Crippen molar-refractivity contribution in [2.75, 3.05) is 19.7 Å². The highest BCUT2D eigenvalue weighted by molar-refractivity contribution is 5.67. The zero-order valence-electron chi connectivity index (χ0n) is 14.4. The van der Waals surface area contributed by atoms with Crippen molar-refractivity contribution >= 4 is 6.09 Å². The van der Waals surface area contributed by atoms with Crippen LogP contribution >= 0.6 is 0 Å². The molecule has 0 aliphatic carbocycles. The van der Waals surface area contributed by atoms with E-state index in [-0.39, 0.29) is 18.6 Å². The quantitative estimate of drug-likeness (QED) is 0.901. The van der Waals surface area contributed by atoms with Gasteiger partial charge in [0.05, 0.1) is 6.61 Å². The lowest BCUT2D eigenvalue weighted by Gasteiger charge is -2.35. The van der Waals surface area contributed by atoms with Gasteiger partial charge in [0.1, 0.15) is 6.61 Å². The zero-order chi connectivity index (χ0) is 17.5. The molecule has 132 valence electrons. The van der Waals surface area contributed by atoms with Crippen molar-refractivity contribution < 1.29 is 14.6 Å². The van der Waals surface area contributed by atoms with E-state index < -0.39 is 0 Å². The van der Waals surface area contributed by atoms with E-state index in [9.17, 15) is 9.90 Å². The minimum absolute atomic E-state index is 0.142. The molecule has 1 aliphatic heterocycles. The molecule has 1 saturated heterocycles. The average molecular weight is 339 g/mol. The molecule has 1 fully saturated rings. The normalized spacial score (nSPS) is 16.4. The van der Waals surface area contributed by atoms with Crippen LogP contribution in [0, 0.1) is 5.92 Å². The Morgan fingerprint density at radius 3 is 2.24 bits per heavy atom. The van der Waals surface area contributed by atoms with Crippen LogP contribution in [0.2, 0.25) is 0 Å². The summed E-state index contributed by atoms with van der Waals surface area (Å²) in [6, 6.07) is 19.9. The van der Waals surface area contributed by atoms with Crippen molar-refractivity contribution in [3.05, 3.63) is 71.8 Å². The van der Waals surface area contributed by atoms with Crippen molar-refractivity contribution in [1.82, 2.24) is 4.90 Å². The third-order valence-corrected chi connectivity index (χ3v) is 5.00. The number of piperidine rings is 1. The molecule has 2 aromatic carbocycles. The standard InChI is InChI=1S/C21H25NO3/c23-15-20(18-9-5-2-6-10-18)19-11-13-22(14-12-19)21(24)25-16-17-7-3-1-4-8-17/h1-10,19-20,23H,11-16H2. The number of ether oxygens (including phenoxy) is 1. The van der Waals surface area contributed by atoms with E-state index in [0.717, 1.165) is 18.4 Å². The highest BCUT2D eigenvalue weighted by atomic mass is 16.6. The number of hydrogen-bond acceptors (Lipinski definition) is 3. The van der Waals surface area contributed by atoms with E-state index in [1.165, 1.54) is 5.56 Å². The fourth-order valence-corrected chi connectivity index (χ4v) is 3.52. The number of rotatable bonds is 5. The molecule has 1 atom stereocenters. The second-order valence-electron chi connectivity index (χ2n) is 6.56. The molecule has 1 amide bonds. The summed E-state index contributed by atoms with van der Waals surface area (Å²) in [5.41, 5.74) is 2.17. The summed E-state index contributed by atoms with van der Waals surface area (Å²) in [4.78, 5) is 14.0. The van der Waals surface area contributed by atoms with Crippen molar-refractivity contribution in [2.24, 2.45) is 5.92 Å². The van der Waals surface area contributed by atoms with Crippen LogP contribution in [0.15, 0.2) is 60.7 Å². The maximum atomic E-state index is 12.2. The van der Waals surface area contributed by atoms with Crippen LogP contribution in [0.5, 0.6) is 0 Å². The minimum Gasteiger partial charge on any atom is -0.445 e. The predicted octanol–water partition coefficient (Wildman–Crippen LogP) is 3.81. The van der Waals surface area contributed by atoms with Crippen molar-refractivity contribution in [1.29, 1.82) is 0 Å². The second kappa shape index (κ2) is 8.67. The van der Waals surface area contributed by atoms with Crippen molar-refractivity contribution in [2.45, 2.75) is 25.4 Å². The van der Waals surface area contributed by atoms with Crippen LogP contribution in [0.3, 0.4) is 0 Å². The molecular weight excluding hydrogens is 314 g/mol. The van der Waals surface area contributed by atoms with Crippen molar-refractivity contribution in [3.63, 3.8) is 0 Å². The Morgan fingerprint density at radius 1 is 1.04 bits per heavy atom. The molecule has 1 N–H and O–H groups in total. The highest BCUT2D eigenvalue weighted by Gasteiger charge is 2.29. The van der Waals surface area contributed by atoms with E-state index in [0.29, 0.717) is 25.6 Å². The second-order valence-corrected chi connectivity index (χ2v) is 6.56. The van der Waals surface area contributed by atoms with Gasteiger partial charge in [0.2, 0.25) is 0 Å². The number of benzene rings is 2. The molecule has 2 aromatic rings. The monoisotopic (exact) mass is 339 g/mol. The summed E-state index contributed by atoms with van der Waals surface area (Å²) in [6.07, 6.45) is 1.53. The molecule has 1 aliphatic rings. The Balaban J connectivity index is 1.50. The third kappa shape index (κ3) is 4.60. The molecule has 3 rings (SSSR count). The molecule has 1 heterocycles. The van der Waals surface area contributed by atoms with Gasteiger partial charge in [-0.15, -0.1) is 0 Å². The smallest absolute Gasteiger partial charge is 0.410 e. The van der Waals surface area contributed by atoms with Crippen LogP contribution in [-0.2, 0) is 11.3 Å². The predicted molar refractivity (Wildman–Crippen MR) is 97.2 cm³/mol. The van der Waals surface area contributed by atoms with Crippen LogP contribution in [0.4, 0.5) is 4.79 Å². The highest BCUT2D eigenvalue weighted by Crippen LogP contribution is 2.32. The summed E-state index contributed by atoms with van der Waals surface area (Å²) in [7, 11) is 0. The topological polar surface area (TPSA) is 49.8 Å². The number of likely N-dealkylation sites (tertiary alicyclic amines) is 1. The van der Waals surface area contributed by atoms with Crippen LogP contribution in [0.1, 0.15) is 29.9 Å². The van der Waals surface area contributed by atoms with E-state index in [2.05, 4.69) is 12.1 Å². The zero-order valence-corrected chi connectivity index (χ0v) is 14.4. The van der Waals surface area contributed by atoms with E-state index in [1.54, 1.807) is 4.90 Å². The summed E-state index contributed by atoms with van der Waals surface area (Å²) in [5.74, 6) is 0.536. The SMILES string of the molecule is O=C(OCc1ccccc1)N1CCC(C(CO)c2ccccc2)CC1. The first-order valence-corrected chi connectivity index (χ1v) is 8.89. The van der Waals surface area contributed by atoms with E-state index in [4.69, 9.17) is 4.74 Å². The van der Waals surface area contributed by atoms with E-state index >= 15 is 0 Å². The average Bonchev–Trinajstić information content (AvgIpc) is 2.69. The van der Waals surface area contributed by atoms with Gasteiger partial charge in [0, 0.05) is 19.0 Å². The third-order valence-electron chi connectivity index (χ3n) is 5.00. The summed E-state index contributed by atoms with van der Waals surface area (Å²) in [5, 5.41) is 9.81. The Morgan fingerprint density at radius 2 is 1.64 bits per heavy atom. The molecule has 4 heteroatoms. The fourth-order valence-electron chi connectivity index (χ4n) is 3.52. The van der Waals surface area contributed by atoms with Gasteiger partial charge in [-0.05, 0) is 29.9 Å². The van der Waals surface area contributed by atoms with Gasteiger partial charge in [0.25, 0.3) is 0 Å². The van der Waals surface area contributed by atoms with E-state index in [1.807, 2.05) is 48.5 Å². The molecule has 0 saturated carbocycles. The van der Waals surface area contributed by atoms with Crippen LogP contribution in [-0.4, -0.2) is 35.8 Å². The number of carbonyl (C=O) groups excluding carboxylic acids is 1. The number of hydrogen-bond donors (Lipinski definition) is 1. The molecule has 0 spiro atoms. The van der Waals surface area contributed by atoms with Gasteiger partial charge in [0.15, 0.2) is 0 Å². The van der Waals surface area contributed by atoms with Crippen LogP contribution in [0.25, 0.3) is 0 Å². The van der Waals surface area contributed by atoms with Gasteiger partial charge in [-0.1, -0.05) is 60.7 Å². The maximum Gasteiger partial charge on any atom is 0.410 e. The number of aliphatic hydroxyl groups is 1. The molecule has 4 nitrogen and oxygen atoms in total. The molecule has 1 unspecified atom stereocenters. The maximum absolute atomic E-state index is 12.2. The number of amides is 1.